The normalized spacial score (nSPS) is 11.8. The van der Waals surface area contributed by atoms with E-state index in [0.29, 0.717) is 12.0 Å². The zero-order valence-corrected chi connectivity index (χ0v) is 9.73. The van der Waals surface area contributed by atoms with Crippen LogP contribution in [0.25, 0.3) is 0 Å². The van der Waals surface area contributed by atoms with Crippen molar-refractivity contribution in [1.82, 2.24) is 4.98 Å². The molecule has 84 valence electrons. The highest BCUT2D eigenvalue weighted by Gasteiger charge is 2.15. The molecule has 0 saturated heterocycles. The third-order valence-electron chi connectivity index (χ3n) is 2.71. The lowest BCUT2D eigenvalue weighted by Crippen LogP contribution is -2.14. The van der Waals surface area contributed by atoms with Gasteiger partial charge in [-0.05, 0) is 31.4 Å². The molecule has 1 atom stereocenters. The number of ketones is 1. The van der Waals surface area contributed by atoms with Gasteiger partial charge in [0, 0.05) is 18.3 Å². The minimum absolute atomic E-state index is 0.0273. The Kier molecular flexibility index (Phi) is 4.65. The van der Waals surface area contributed by atoms with Crippen LogP contribution in [0.4, 0.5) is 0 Å². The highest BCUT2D eigenvalue weighted by Crippen LogP contribution is 2.17. The highest BCUT2D eigenvalue weighted by molar-refractivity contribution is 5.78. The Labute approximate surface area is 96.1 Å². The molecule has 3 nitrogen and oxygen atoms in total. The van der Waals surface area contributed by atoms with Gasteiger partial charge in [-0.15, -0.1) is 0 Å². The molecule has 0 radical (unpaired) electrons. The fourth-order valence-electron chi connectivity index (χ4n) is 1.76. The average Bonchev–Trinajstić information content (AvgIpc) is 2.29. The number of nitrogens with zero attached hydrogens (tertiary/aromatic N) is 2. The Hall–Kier alpha value is -1.69. The van der Waals surface area contributed by atoms with Crippen molar-refractivity contribution >= 4 is 5.78 Å². The maximum absolute atomic E-state index is 11.4. The molecule has 1 unspecified atom stereocenters. The molecule has 1 aromatic rings. The smallest absolute Gasteiger partial charge is 0.133 e. The van der Waals surface area contributed by atoms with Gasteiger partial charge >= 0.3 is 0 Å². The quantitative estimate of drug-likeness (QED) is 0.759. The SMILES string of the molecule is CCCC(Cc1ccncc1C#N)C(C)=O. The van der Waals surface area contributed by atoms with Crippen LogP contribution in [-0.2, 0) is 11.2 Å². The van der Waals surface area contributed by atoms with Crippen molar-refractivity contribution < 1.29 is 4.79 Å². The van der Waals surface area contributed by atoms with E-state index in [0.717, 1.165) is 18.4 Å². The predicted octanol–water partition coefficient (Wildman–Crippen LogP) is 2.50. The summed E-state index contributed by atoms with van der Waals surface area (Å²) in [5, 5.41) is 8.92. The molecule has 3 heteroatoms. The number of nitriles is 1. The van der Waals surface area contributed by atoms with Crippen LogP contribution in [0, 0.1) is 17.2 Å². The Morgan fingerprint density at radius 2 is 2.38 bits per heavy atom. The van der Waals surface area contributed by atoms with E-state index in [1.54, 1.807) is 19.3 Å². The number of aromatic nitrogens is 1. The summed E-state index contributed by atoms with van der Waals surface area (Å²) < 4.78 is 0. The van der Waals surface area contributed by atoms with Gasteiger partial charge in [0.15, 0.2) is 0 Å². The van der Waals surface area contributed by atoms with Crippen molar-refractivity contribution in [2.75, 3.05) is 0 Å². The second kappa shape index (κ2) is 6.02. The molecule has 1 heterocycles. The molecule has 0 aliphatic carbocycles. The fourth-order valence-corrected chi connectivity index (χ4v) is 1.76. The van der Waals surface area contributed by atoms with Gasteiger partial charge in [0.1, 0.15) is 11.9 Å². The highest BCUT2D eigenvalue weighted by atomic mass is 16.1. The third-order valence-corrected chi connectivity index (χ3v) is 2.71. The number of pyridine rings is 1. The molecule has 0 fully saturated rings. The Balaban J connectivity index is 2.85. The first kappa shape index (κ1) is 12.4. The van der Waals surface area contributed by atoms with Crippen LogP contribution in [0.2, 0.25) is 0 Å². The van der Waals surface area contributed by atoms with E-state index in [4.69, 9.17) is 5.26 Å². The van der Waals surface area contributed by atoms with Crippen molar-refractivity contribution in [3.05, 3.63) is 29.6 Å². The van der Waals surface area contributed by atoms with Gasteiger partial charge in [-0.2, -0.15) is 5.26 Å². The Bertz CT molecular complexity index is 407. The Morgan fingerprint density at radius 3 is 2.94 bits per heavy atom. The van der Waals surface area contributed by atoms with E-state index in [1.807, 2.05) is 6.07 Å². The number of Topliss-reactive ketones (excluding diaryl/α,β-unsaturated/α-hetero) is 1. The molecular weight excluding hydrogens is 200 g/mol. The van der Waals surface area contributed by atoms with Gasteiger partial charge in [0.25, 0.3) is 0 Å². The van der Waals surface area contributed by atoms with Crippen molar-refractivity contribution in [1.29, 1.82) is 5.26 Å². The van der Waals surface area contributed by atoms with Gasteiger partial charge in [-0.3, -0.25) is 9.78 Å². The van der Waals surface area contributed by atoms with Crippen LogP contribution in [0.15, 0.2) is 18.5 Å². The molecule has 0 aliphatic heterocycles. The lowest BCUT2D eigenvalue weighted by Gasteiger charge is -2.13. The van der Waals surface area contributed by atoms with Gasteiger partial charge < -0.3 is 0 Å². The summed E-state index contributed by atoms with van der Waals surface area (Å²) in [6.45, 7) is 3.68. The first-order valence-electron chi connectivity index (χ1n) is 5.52. The monoisotopic (exact) mass is 216 g/mol. The fraction of sp³-hybridized carbons (Fsp3) is 0.462. The largest absolute Gasteiger partial charge is 0.300 e. The number of hydrogen-bond donors (Lipinski definition) is 0. The van der Waals surface area contributed by atoms with Gasteiger partial charge in [0.2, 0.25) is 0 Å². The van der Waals surface area contributed by atoms with Crippen molar-refractivity contribution in [2.45, 2.75) is 33.1 Å². The van der Waals surface area contributed by atoms with E-state index in [2.05, 4.69) is 18.0 Å². The molecular formula is C13H16N2O. The van der Waals surface area contributed by atoms with E-state index >= 15 is 0 Å². The molecule has 16 heavy (non-hydrogen) atoms. The molecule has 0 spiro atoms. The lowest BCUT2D eigenvalue weighted by atomic mass is 9.91. The van der Waals surface area contributed by atoms with Crippen LogP contribution in [0.5, 0.6) is 0 Å². The molecule has 0 aliphatic rings. The van der Waals surface area contributed by atoms with Crippen LogP contribution in [0.1, 0.15) is 37.8 Å². The minimum Gasteiger partial charge on any atom is -0.300 e. The molecule has 0 N–H and O–H groups in total. The zero-order chi connectivity index (χ0) is 12.0. The molecule has 0 aromatic carbocycles. The molecule has 0 saturated carbocycles. The van der Waals surface area contributed by atoms with Crippen molar-refractivity contribution in [3.63, 3.8) is 0 Å². The van der Waals surface area contributed by atoms with Crippen LogP contribution in [0.3, 0.4) is 0 Å². The number of carbonyl (C=O) groups excluding carboxylic acids is 1. The average molecular weight is 216 g/mol. The standard InChI is InChI=1S/C13H16N2O/c1-3-4-11(10(2)16)7-12-5-6-15-9-13(12)8-14/h5-6,9,11H,3-4,7H2,1-2H3. The molecule has 1 rings (SSSR count). The van der Waals surface area contributed by atoms with E-state index in [9.17, 15) is 4.79 Å². The Morgan fingerprint density at radius 1 is 1.62 bits per heavy atom. The maximum Gasteiger partial charge on any atom is 0.133 e. The maximum atomic E-state index is 11.4. The summed E-state index contributed by atoms with van der Waals surface area (Å²) in [7, 11) is 0. The summed E-state index contributed by atoms with van der Waals surface area (Å²) in [6.07, 6.45) is 5.73. The molecule has 0 amide bonds. The van der Waals surface area contributed by atoms with E-state index < -0.39 is 0 Å². The second-order valence-electron chi connectivity index (χ2n) is 3.94. The van der Waals surface area contributed by atoms with Crippen molar-refractivity contribution in [2.24, 2.45) is 5.92 Å². The zero-order valence-electron chi connectivity index (χ0n) is 9.73. The molecule has 0 bridgehead atoms. The summed E-state index contributed by atoms with van der Waals surface area (Å²) in [5.74, 6) is 0.224. The van der Waals surface area contributed by atoms with Gasteiger partial charge in [0.05, 0.1) is 5.56 Å². The summed E-state index contributed by atoms with van der Waals surface area (Å²) in [5.41, 5.74) is 1.50. The van der Waals surface area contributed by atoms with Crippen molar-refractivity contribution in [3.8, 4) is 6.07 Å². The van der Waals surface area contributed by atoms with E-state index in [1.165, 1.54) is 0 Å². The van der Waals surface area contributed by atoms with Crippen LogP contribution < -0.4 is 0 Å². The number of rotatable bonds is 5. The first-order valence-corrected chi connectivity index (χ1v) is 5.52. The first-order chi connectivity index (χ1) is 7.69. The molecule has 1 aromatic heterocycles. The lowest BCUT2D eigenvalue weighted by molar-refractivity contribution is -0.120. The topological polar surface area (TPSA) is 53.8 Å². The summed E-state index contributed by atoms with van der Waals surface area (Å²) in [6, 6.07) is 3.93. The van der Waals surface area contributed by atoms with Gasteiger partial charge in [-0.25, -0.2) is 0 Å². The summed E-state index contributed by atoms with van der Waals surface area (Å²) in [4.78, 5) is 15.3. The second-order valence-corrected chi connectivity index (χ2v) is 3.94. The minimum atomic E-state index is 0.0273. The predicted molar refractivity (Wildman–Crippen MR) is 61.7 cm³/mol. The number of carbonyl (C=O) groups is 1. The van der Waals surface area contributed by atoms with E-state index in [-0.39, 0.29) is 11.7 Å². The third kappa shape index (κ3) is 3.16. The van der Waals surface area contributed by atoms with Gasteiger partial charge in [-0.1, -0.05) is 13.3 Å². The summed E-state index contributed by atoms with van der Waals surface area (Å²) >= 11 is 0. The van der Waals surface area contributed by atoms with Crippen LogP contribution >= 0.6 is 0 Å². The van der Waals surface area contributed by atoms with Crippen LogP contribution in [-0.4, -0.2) is 10.8 Å². The number of hydrogen-bond acceptors (Lipinski definition) is 3.